The van der Waals surface area contributed by atoms with E-state index < -0.39 is 0 Å². The van der Waals surface area contributed by atoms with Gasteiger partial charge >= 0.3 is 0 Å². The second-order valence-electron chi connectivity index (χ2n) is 3.89. The Morgan fingerprint density at radius 3 is 2.78 bits per heavy atom. The Morgan fingerprint density at radius 2 is 2.00 bits per heavy atom. The number of rotatable bonds is 3. The largest absolute Gasteiger partial charge is 0.271 e. The average molecular weight is 256 g/mol. The van der Waals surface area contributed by atoms with Gasteiger partial charge in [0.15, 0.2) is 0 Å². The van der Waals surface area contributed by atoms with Crippen molar-refractivity contribution in [3.8, 4) is 0 Å². The van der Waals surface area contributed by atoms with Gasteiger partial charge in [0.2, 0.25) is 0 Å². The summed E-state index contributed by atoms with van der Waals surface area (Å²) in [6.45, 7) is 0. The average Bonchev–Trinajstić information content (AvgIpc) is 2.94. The van der Waals surface area contributed by atoms with Gasteiger partial charge in [0.05, 0.1) is 17.1 Å². The summed E-state index contributed by atoms with van der Waals surface area (Å²) in [5.41, 5.74) is 5.67. The van der Waals surface area contributed by atoms with Crippen LogP contribution in [0.25, 0.3) is 11.0 Å². The van der Waals surface area contributed by atoms with Gasteiger partial charge in [-0.05, 0) is 17.5 Å². The van der Waals surface area contributed by atoms with E-state index in [1.54, 1.807) is 23.7 Å². The molecule has 1 aromatic carbocycles. The molecule has 3 aromatic rings. The summed E-state index contributed by atoms with van der Waals surface area (Å²) in [4.78, 5) is 9.88. The van der Waals surface area contributed by atoms with Crippen LogP contribution in [0.4, 0.5) is 0 Å². The molecule has 0 radical (unpaired) electrons. The molecule has 4 nitrogen and oxygen atoms in total. The molecular formula is C13H12N4S. The minimum absolute atomic E-state index is 0.0506. The Bertz CT molecular complexity index is 646. The maximum Gasteiger partial charge on any atom is 0.0938 e. The van der Waals surface area contributed by atoms with Gasteiger partial charge in [-0.2, -0.15) is 0 Å². The van der Waals surface area contributed by atoms with Crippen molar-refractivity contribution in [2.24, 2.45) is 5.84 Å². The van der Waals surface area contributed by atoms with Crippen LogP contribution in [-0.2, 0) is 0 Å². The van der Waals surface area contributed by atoms with Gasteiger partial charge in [-0.25, -0.2) is 5.43 Å². The summed E-state index contributed by atoms with van der Waals surface area (Å²) in [5.74, 6) is 5.70. The zero-order valence-corrected chi connectivity index (χ0v) is 10.4. The molecule has 5 heteroatoms. The van der Waals surface area contributed by atoms with Crippen LogP contribution in [0.15, 0.2) is 48.1 Å². The van der Waals surface area contributed by atoms with Gasteiger partial charge in [-0.3, -0.25) is 15.8 Å². The highest BCUT2D eigenvalue weighted by Gasteiger charge is 2.16. The smallest absolute Gasteiger partial charge is 0.0938 e. The van der Waals surface area contributed by atoms with Crippen LogP contribution in [-0.4, -0.2) is 9.97 Å². The number of hydrogen-bond donors (Lipinski definition) is 2. The topological polar surface area (TPSA) is 63.8 Å². The SMILES string of the molecule is NNC(c1cccs1)c1cccc2nccnc12. The predicted octanol–water partition coefficient (Wildman–Crippen LogP) is 2.24. The van der Waals surface area contributed by atoms with Gasteiger partial charge in [-0.15, -0.1) is 11.3 Å². The summed E-state index contributed by atoms with van der Waals surface area (Å²) < 4.78 is 0. The summed E-state index contributed by atoms with van der Waals surface area (Å²) in [6, 6.07) is 9.98. The first kappa shape index (κ1) is 11.3. The Morgan fingerprint density at radius 1 is 1.11 bits per heavy atom. The van der Waals surface area contributed by atoms with Crippen LogP contribution in [0.2, 0.25) is 0 Å². The number of nitrogens with zero attached hydrogens (tertiary/aromatic N) is 2. The van der Waals surface area contributed by atoms with Gasteiger partial charge in [0.25, 0.3) is 0 Å². The third kappa shape index (κ3) is 1.88. The molecule has 90 valence electrons. The summed E-state index contributed by atoms with van der Waals surface area (Å²) in [7, 11) is 0. The van der Waals surface area contributed by atoms with Crippen molar-refractivity contribution in [1.82, 2.24) is 15.4 Å². The van der Waals surface area contributed by atoms with Gasteiger partial charge in [0, 0.05) is 22.8 Å². The van der Waals surface area contributed by atoms with Gasteiger partial charge in [0.1, 0.15) is 0 Å². The van der Waals surface area contributed by atoms with Crippen molar-refractivity contribution in [3.63, 3.8) is 0 Å². The number of hydrazine groups is 1. The van der Waals surface area contributed by atoms with Gasteiger partial charge < -0.3 is 0 Å². The fraction of sp³-hybridized carbons (Fsp3) is 0.0769. The van der Waals surface area contributed by atoms with E-state index >= 15 is 0 Å². The van der Waals surface area contributed by atoms with Crippen LogP contribution in [0, 0.1) is 0 Å². The Kier molecular flexibility index (Phi) is 3.02. The predicted molar refractivity (Wildman–Crippen MR) is 73.0 cm³/mol. The quantitative estimate of drug-likeness (QED) is 0.557. The zero-order chi connectivity index (χ0) is 12.4. The number of thiophene rings is 1. The number of hydrogen-bond acceptors (Lipinski definition) is 5. The van der Waals surface area contributed by atoms with Crippen LogP contribution in [0.1, 0.15) is 16.5 Å². The lowest BCUT2D eigenvalue weighted by atomic mass is 10.0. The van der Waals surface area contributed by atoms with E-state index in [4.69, 9.17) is 5.84 Å². The lowest BCUT2D eigenvalue weighted by molar-refractivity contribution is 0.649. The first-order chi connectivity index (χ1) is 8.90. The van der Waals surface area contributed by atoms with E-state index in [1.165, 1.54) is 0 Å². The van der Waals surface area contributed by atoms with Crippen LogP contribution >= 0.6 is 11.3 Å². The molecule has 2 aromatic heterocycles. The number of nitrogens with one attached hydrogen (secondary N) is 1. The maximum atomic E-state index is 5.70. The first-order valence-electron chi connectivity index (χ1n) is 5.59. The lowest BCUT2D eigenvalue weighted by Gasteiger charge is -2.16. The van der Waals surface area contributed by atoms with Crippen LogP contribution in [0.5, 0.6) is 0 Å². The standard InChI is InChI=1S/C13H12N4S/c14-17-13(11-5-2-8-18-11)9-3-1-4-10-12(9)16-7-6-15-10/h1-8,13,17H,14H2. The normalized spacial score (nSPS) is 12.7. The lowest BCUT2D eigenvalue weighted by Crippen LogP contribution is -2.28. The molecule has 0 aliphatic carbocycles. The van der Waals surface area contributed by atoms with Crippen molar-refractivity contribution in [1.29, 1.82) is 0 Å². The molecule has 0 saturated carbocycles. The summed E-state index contributed by atoms with van der Waals surface area (Å²) >= 11 is 1.67. The van der Waals surface area contributed by atoms with E-state index in [-0.39, 0.29) is 6.04 Å². The number of fused-ring (bicyclic) bond motifs is 1. The van der Waals surface area contributed by atoms with Crippen molar-refractivity contribution >= 4 is 22.4 Å². The highest BCUT2D eigenvalue weighted by Crippen LogP contribution is 2.28. The molecule has 0 bridgehead atoms. The number of benzene rings is 1. The van der Waals surface area contributed by atoms with Crippen LogP contribution in [0.3, 0.4) is 0 Å². The molecule has 1 unspecified atom stereocenters. The molecule has 1 atom stereocenters. The molecule has 18 heavy (non-hydrogen) atoms. The van der Waals surface area contributed by atoms with E-state index in [2.05, 4.69) is 21.5 Å². The van der Waals surface area contributed by atoms with Gasteiger partial charge in [-0.1, -0.05) is 18.2 Å². The van der Waals surface area contributed by atoms with Crippen molar-refractivity contribution < 1.29 is 0 Å². The highest BCUT2D eigenvalue weighted by molar-refractivity contribution is 7.10. The minimum Gasteiger partial charge on any atom is -0.271 e. The van der Waals surface area contributed by atoms with Crippen molar-refractivity contribution in [3.05, 3.63) is 58.5 Å². The molecule has 2 heterocycles. The minimum atomic E-state index is -0.0506. The molecular weight excluding hydrogens is 244 g/mol. The third-order valence-corrected chi connectivity index (χ3v) is 3.77. The fourth-order valence-electron chi connectivity index (χ4n) is 2.03. The van der Waals surface area contributed by atoms with E-state index in [9.17, 15) is 0 Å². The summed E-state index contributed by atoms with van der Waals surface area (Å²) in [5, 5.41) is 2.04. The Labute approximate surface area is 108 Å². The monoisotopic (exact) mass is 256 g/mol. The molecule has 0 saturated heterocycles. The van der Waals surface area contributed by atoms with E-state index in [1.807, 2.05) is 29.6 Å². The molecule has 0 amide bonds. The van der Waals surface area contributed by atoms with Crippen LogP contribution < -0.4 is 11.3 Å². The molecule has 3 rings (SSSR count). The highest BCUT2D eigenvalue weighted by atomic mass is 32.1. The first-order valence-corrected chi connectivity index (χ1v) is 6.47. The number of nitrogens with two attached hydrogens (primary N) is 1. The van der Waals surface area contributed by atoms with E-state index in [0.717, 1.165) is 21.5 Å². The Balaban J connectivity index is 2.18. The van der Waals surface area contributed by atoms with Crippen molar-refractivity contribution in [2.45, 2.75) is 6.04 Å². The second kappa shape index (κ2) is 4.81. The van der Waals surface area contributed by atoms with Crippen molar-refractivity contribution in [2.75, 3.05) is 0 Å². The molecule has 3 N–H and O–H groups in total. The molecule has 0 spiro atoms. The number of para-hydroxylation sites is 1. The maximum absolute atomic E-state index is 5.70. The Hall–Kier alpha value is -1.82. The summed E-state index contributed by atoms with van der Waals surface area (Å²) in [6.07, 6.45) is 3.40. The fourth-order valence-corrected chi connectivity index (χ4v) is 2.83. The molecule has 0 aliphatic heterocycles. The molecule has 0 aliphatic rings. The number of aromatic nitrogens is 2. The second-order valence-corrected chi connectivity index (χ2v) is 4.87. The molecule has 0 fully saturated rings. The zero-order valence-electron chi connectivity index (χ0n) is 9.58. The third-order valence-electron chi connectivity index (χ3n) is 2.84. The van der Waals surface area contributed by atoms with E-state index in [0.29, 0.717) is 0 Å².